The molecule has 0 aromatic rings. The number of hydrogen-bond donors (Lipinski definition) is 1. The highest BCUT2D eigenvalue weighted by atomic mass is 32.2. The molecule has 1 rings (SSSR count). The molecule has 0 aromatic heterocycles. The van der Waals surface area contributed by atoms with Gasteiger partial charge in [0.05, 0.1) is 12.4 Å². The molecule has 0 amide bonds. The third-order valence-electron chi connectivity index (χ3n) is 2.82. The molecule has 1 fully saturated rings. The topological polar surface area (TPSA) is 69.4 Å². The van der Waals surface area contributed by atoms with Crippen molar-refractivity contribution in [3.8, 4) is 0 Å². The molecule has 1 aliphatic rings. The first-order valence-corrected chi connectivity index (χ1v) is 6.91. The van der Waals surface area contributed by atoms with Gasteiger partial charge in [0.15, 0.2) is 0 Å². The Morgan fingerprint density at radius 1 is 1.31 bits per heavy atom. The van der Waals surface area contributed by atoms with Gasteiger partial charge >= 0.3 is 0 Å². The largest absolute Gasteiger partial charge is 0.375 e. The minimum atomic E-state index is -3.58. The maximum atomic E-state index is 11.9. The van der Waals surface area contributed by atoms with Gasteiger partial charge in [-0.2, -0.15) is 0 Å². The van der Waals surface area contributed by atoms with Crippen molar-refractivity contribution in [3.63, 3.8) is 0 Å². The Labute approximate surface area is 94.2 Å². The van der Waals surface area contributed by atoms with Crippen LogP contribution in [0.4, 0.5) is 8.78 Å². The summed E-state index contributed by atoms with van der Waals surface area (Å²) < 4.78 is 50.8. The van der Waals surface area contributed by atoms with Crippen molar-refractivity contribution in [2.45, 2.75) is 32.1 Å². The lowest BCUT2D eigenvalue weighted by Gasteiger charge is -2.27. The molecule has 0 aliphatic heterocycles. The maximum Gasteiger partial charge on any atom is 0.261 e. The smallest absolute Gasteiger partial charge is 0.261 e. The number of rotatable bonds is 6. The van der Waals surface area contributed by atoms with Gasteiger partial charge in [0.25, 0.3) is 6.43 Å². The van der Waals surface area contributed by atoms with Crippen LogP contribution >= 0.6 is 0 Å². The van der Waals surface area contributed by atoms with E-state index in [0.717, 1.165) is 12.8 Å². The predicted octanol–water partition coefficient (Wildman–Crippen LogP) is 1.12. The summed E-state index contributed by atoms with van der Waals surface area (Å²) >= 11 is 0. The second-order valence-electron chi connectivity index (χ2n) is 4.42. The molecule has 0 spiro atoms. The average molecular weight is 257 g/mol. The van der Waals surface area contributed by atoms with Gasteiger partial charge in [0, 0.05) is 5.41 Å². The molecule has 2 N–H and O–H groups in total. The molecule has 0 radical (unpaired) electrons. The summed E-state index contributed by atoms with van der Waals surface area (Å²) in [5.74, 6) is -0.177. The van der Waals surface area contributed by atoms with Gasteiger partial charge in [-0.05, 0) is 12.8 Å². The van der Waals surface area contributed by atoms with Crippen molar-refractivity contribution in [1.82, 2.24) is 0 Å². The monoisotopic (exact) mass is 257 g/mol. The van der Waals surface area contributed by atoms with E-state index in [1.54, 1.807) is 0 Å². The number of sulfonamides is 1. The molecule has 16 heavy (non-hydrogen) atoms. The van der Waals surface area contributed by atoms with Gasteiger partial charge in [0.2, 0.25) is 10.0 Å². The summed E-state index contributed by atoms with van der Waals surface area (Å²) in [5, 5.41) is 5.00. The highest BCUT2D eigenvalue weighted by molar-refractivity contribution is 7.89. The molecular weight excluding hydrogens is 240 g/mol. The molecule has 0 bridgehead atoms. The van der Waals surface area contributed by atoms with Crippen molar-refractivity contribution in [2.24, 2.45) is 10.6 Å². The fraction of sp³-hybridized carbons (Fsp3) is 1.00. The van der Waals surface area contributed by atoms with E-state index in [1.807, 2.05) is 0 Å². The first-order chi connectivity index (χ1) is 7.33. The van der Waals surface area contributed by atoms with E-state index in [1.165, 1.54) is 0 Å². The summed E-state index contributed by atoms with van der Waals surface area (Å²) in [6.07, 6.45) is 0.619. The highest BCUT2D eigenvalue weighted by Gasteiger charge is 2.37. The van der Waals surface area contributed by atoms with Crippen LogP contribution in [0.15, 0.2) is 0 Å². The zero-order chi connectivity index (χ0) is 12.2. The second kappa shape index (κ2) is 5.37. The molecule has 0 saturated heterocycles. The van der Waals surface area contributed by atoms with Crippen molar-refractivity contribution in [3.05, 3.63) is 0 Å². The molecule has 0 aromatic carbocycles. The maximum absolute atomic E-state index is 11.9. The van der Waals surface area contributed by atoms with Crippen molar-refractivity contribution >= 4 is 10.0 Å². The molecular formula is C9H17F2NO3S. The minimum absolute atomic E-state index is 0.0494. The van der Waals surface area contributed by atoms with E-state index < -0.39 is 28.5 Å². The molecule has 0 unspecified atom stereocenters. The Morgan fingerprint density at radius 2 is 1.88 bits per heavy atom. The zero-order valence-electron chi connectivity index (χ0n) is 8.99. The van der Waals surface area contributed by atoms with Crippen LogP contribution in [-0.4, -0.2) is 33.8 Å². The number of primary sulfonamides is 1. The van der Waals surface area contributed by atoms with E-state index in [2.05, 4.69) is 0 Å². The van der Waals surface area contributed by atoms with Gasteiger partial charge in [0.1, 0.15) is 6.61 Å². The number of hydrogen-bond acceptors (Lipinski definition) is 3. The number of nitrogens with two attached hydrogens (primary N) is 1. The molecule has 1 saturated carbocycles. The van der Waals surface area contributed by atoms with Crippen LogP contribution in [0.5, 0.6) is 0 Å². The number of halogens is 2. The molecule has 96 valence electrons. The van der Waals surface area contributed by atoms with Crippen LogP contribution in [0.1, 0.15) is 25.7 Å². The Bertz CT molecular complexity index is 313. The van der Waals surface area contributed by atoms with Crippen molar-refractivity contribution in [2.75, 3.05) is 19.0 Å². The standard InChI is InChI=1S/C9H17F2NO3S/c10-8(11)5-15-6-9(3-1-2-4-9)7-16(12,13)14/h8H,1-7H2,(H2,12,13,14). The van der Waals surface area contributed by atoms with Gasteiger partial charge in [-0.1, -0.05) is 12.8 Å². The summed E-state index contributed by atoms with van der Waals surface area (Å²) in [4.78, 5) is 0. The summed E-state index contributed by atoms with van der Waals surface area (Å²) in [5.41, 5.74) is -0.553. The van der Waals surface area contributed by atoms with E-state index in [0.29, 0.717) is 12.8 Å². The van der Waals surface area contributed by atoms with E-state index >= 15 is 0 Å². The second-order valence-corrected chi connectivity index (χ2v) is 6.03. The van der Waals surface area contributed by atoms with Crippen LogP contribution in [0.2, 0.25) is 0 Å². The van der Waals surface area contributed by atoms with E-state index in [-0.39, 0.29) is 12.4 Å². The third-order valence-corrected chi connectivity index (χ3v) is 3.84. The third kappa shape index (κ3) is 4.71. The normalized spacial score (nSPS) is 20.5. The Hall–Kier alpha value is -0.270. The van der Waals surface area contributed by atoms with E-state index in [4.69, 9.17) is 9.88 Å². The zero-order valence-corrected chi connectivity index (χ0v) is 9.81. The lowest BCUT2D eigenvalue weighted by atomic mass is 9.90. The van der Waals surface area contributed by atoms with Crippen molar-refractivity contribution in [1.29, 1.82) is 0 Å². The molecule has 0 heterocycles. The summed E-state index contributed by atoms with van der Waals surface area (Å²) in [6.45, 7) is -0.597. The SMILES string of the molecule is NS(=O)(=O)CC1(COCC(F)F)CCCC1. The van der Waals surface area contributed by atoms with Crippen LogP contribution in [0.3, 0.4) is 0 Å². The quantitative estimate of drug-likeness (QED) is 0.775. The van der Waals surface area contributed by atoms with Gasteiger partial charge in [-0.3, -0.25) is 0 Å². The van der Waals surface area contributed by atoms with E-state index in [9.17, 15) is 17.2 Å². The van der Waals surface area contributed by atoms with Crippen LogP contribution in [-0.2, 0) is 14.8 Å². The fourth-order valence-corrected chi connectivity index (χ4v) is 3.47. The minimum Gasteiger partial charge on any atom is -0.375 e. The molecule has 7 heteroatoms. The van der Waals surface area contributed by atoms with Gasteiger partial charge < -0.3 is 4.74 Å². The molecule has 0 atom stereocenters. The first kappa shape index (κ1) is 13.8. The Morgan fingerprint density at radius 3 is 2.31 bits per heavy atom. The fourth-order valence-electron chi connectivity index (χ4n) is 2.25. The molecule has 4 nitrogen and oxygen atoms in total. The van der Waals surface area contributed by atoms with Crippen LogP contribution in [0.25, 0.3) is 0 Å². The lowest BCUT2D eigenvalue weighted by molar-refractivity contribution is -0.0143. The predicted molar refractivity (Wildman–Crippen MR) is 55.7 cm³/mol. The van der Waals surface area contributed by atoms with Gasteiger partial charge in [-0.15, -0.1) is 0 Å². The summed E-state index contributed by atoms with van der Waals surface area (Å²) in [6, 6.07) is 0. The van der Waals surface area contributed by atoms with Crippen LogP contribution in [0, 0.1) is 5.41 Å². The Balaban J connectivity index is 2.52. The molecule has 1 aliphatic carbocycles. The van der Waals surface area contributed by atoms with Crippen LogP contribution < -0.4 is 5.14 Å². The van der Waals surface area contributed by atoms with Gasteiger partial charge in [-0.25, -0.2) is 22.3 Å². The average Bonchev–Trinajstić information content (AvgIpc) is 2.49. The van der Waals surface area contributed by atoms with Crippen molar-refractivity contribution < 1.29 is 21.9 Å². The Kier molecular flexibility index (Phi) is 4.63. The first-order valence-electron chi connectivity index (χ1n) is 5.19. The lowest BCUT2D eigenvalue weighted by Crippen LogP contribution is -2.35. The highest BCUT2D eigenvalue weighted by Crippen LogP contribution is 2.39. The summed E-state index contributed by atoms with van der Waals surface area (Å²) in [7, 11) is -3.58. The number of alkyl halides is 2. The number of ether oxygens (including phenoxy) is 1.